The molecule has 0 saturated carbocycles. The number of thiazole rings is 1. The van der Waals surface area contributed by atoms with E-state index in [1.165, 1.54) is 4.70 Å². The summed E-state index contributed by atoms with van der Waals surface area (Å²) in [6.45, 7) is 1.53. The molecule has 22 heavy (non-hydrogen) atoms. The van der Waals surface area contributed by atoms with Gasteiger partial charge >= 0.3 is 0 Å². The zero-order valence-electron chi connectivity index (χ0n) is 12.0. The standard InChI is InChI=1S/C17H15N3OS/c21-17(12-4-3-8-18-10-12)20-9-7-13(11-20)16-19-14-5-1-2-6-15(14)22-16/h1-6,8,10,13H,7,9,11H2. The molecular formula is C17H15N3OS. The Balaban J connectivity index is 1.53. The smallest absolute Gasteiger partial charge is 0.255 e. The molecule has 4 nitrogen and oxygen atoms in total. The predicted molar refractivity (Wildman–Crippen MR) is 87.1 cm³/mol. The third-order valence-electron chi connectivity index (χ3n) is 4.04. The summed E-state index contributed by atoms with van der Waals surface area (Å²) in [6, 6.07) is 11.8. The van der Waals surface area contributed by atoms with Gasteiger partial charge in [-0.1, -0.05) is 12.1 Å². The number of aromatic nitrogens is 2. The number of hydrogen-bond donors (Lipinski definition) is 0. The maximum Gasteiger partial charge on any atom is 0.255 e. The molecule has 0 bridgehead atoms. The zero-order valence-corrected chi connectivity index (χ0v) is 12.8. The molecule has 1 atom stereocenters. The molecule has 5 heteroatoms. The molecule has 1 aliphatic heterocycles. The fraction of sp³-hybridized carbons (Fsp3) is 0.235. The van der Waals surface area contributed by atoms with Gasteiger partial charge in [0.05, 0.1) is 20.8 Å². The van der Waals surface area contributed by atoms with Gasteiger partial charge in [0.2, 0.25) is 0 Å². The number of carbonyl (C=O) groups is 1. The molecule has 2 aromatic heterocycles. The van der Waals surface area contributed by atoms with Crippen LogP contribution in [0.2, 0.25) is 0 Å². The first kappa shape index (κ1) is 13.4. The molecular weight excluding hydrogens is 294 g/mol. The Morgan fingerprint density at radius 3 is 2.95 bits per heavy atom. The zero-order chi connectivity index (χ0) is 14.9. The van der Waals surface area contributed by atoms with Crippen LogP contribution in [0, 0.1) is 0 Å². The average molecular weight is 309 g/mol. The Kier molecular flexibility index (Phi) is 3.35. The number of carbonyl (C=O) groups excluding carboxylic acids is 1. The second kappa shape index (κ2) is 5.50. The molecule has 0 radical (unpaired) electrons. The van der Waals surface area contributed by atoms with Crippen LogP contribution in [0.3, 0.4) is 0 Å². The average Bonchev–Trinajstić information content (AvgIpc) is 3.21. The molecule has 110 valence electrons. The molecule has 0 aliphatic carbocycles. The van der Waals surface area contributed by atoms with Gasteiger partial charge in [0.15, 0.2) is 0 Å². The summed E-state index contributed by atoms with van der Waals surface area (Å²) < 4.78 is 1.22. The molecule has 3 heterocycles. The van der Waals surface area contributed by atoms with Crippen molar-refractivity contribution in [3.05, 3.63) is 59.4 Å². The summed E-state index contributed by atoms with van der Waals surface area (Å²) in [4.78, 5) is 23.1. The van der Waals surface area contributed by atoms with Crippen LogP contribution < -0.4 is 0 Å². The molecule has 0 spiro atoms. The first-order chi connectivity index (χ1) is 10.8. The van der Waals surface area contributed by atoms with Crippen molar-refractivity contribution in [2.75, 3.05) is 13.1 Å². The Morgan fingerprint density at radius 1 is 1.23 bits per heavy atom. The van der Waals surface area contributed by atoms with E-state index in [1.807, 2.05) is 29.2 Å². The third-order valence-corrected chi connectivity index (χ3v) is 5.24. The molecule has 1 amide bonds. The van der Waals surface area contributed by atoms with Crippen molar-refractivity contribution in [3.63, 3.8) is 0 Å². The molecule has 1 saturated heterocycles. The van der Waals surface area contributed by atoms with Crippen molar-refractivity contribution in [2.45, 2.75) is 12.3 Å². The summed E-state index contributed by atoms with van der Waals surface area (Å²) >= 11 is 1.74. The topological polar surface area (TPSA) is 46.1 Å². The first-order valence-electron chi connectivity index (χ1n) is 7.36. The summed E-state index contributed by atoms with van der Waals surface area (Å²) in [7, 11) is 0. The lowest BCUT2D eigenvalue weighted by atomic mass is 10.1. The minimum atomic E-state index is 0.0664. The highest BCUT2D eigenvalue weighted by Crippen LogP contribution is 2.33. The number of benzene rings is 1. The van der Waals surface area contributed by atoms with Gasteiger partial charge in [-0.05, 0) is 30.7 Å². The number of pyridine rings is 1. The van der Waals surface area contributed by atoms with Gasteiger partial charge in [0.25, 0.3) is 5.91 Å². The quantitative estimate of drug-likeness (QED) is 0.729. The van der Waals surface area contributed by atoms with Crippen LogP contribution in [0.4, 0.5) is 0 Å². The maximum atomic E-state index is 12.5. The highest BCUT2D eigenvalue weighted by Gasteiger charge is 2.29. The SMILES string of the molecule is O=C(c1cccnc1)N1CCC(c2nc3ccccc3s2)C1. The highest BCUT2D eigenvalue weighted by molar-refractivity contribution is 7.18. The van der Waals surface area contributed by atoms with E-state index in [9.17, 15) is 4.79 Å². The molecule has 1 unspecified atom stereocenters. The van der Waals surface area contributed by atoms with Crippen molar-refractivity contribution in [1.29, 1.82) is 0 Å². The van der Waals surface area contributed by atoms with Gasteiger partial charge in [-0.3, -0.25) is 9.78 Å². The summed E-state index contributed by atoms with van der Waals surface area (Å²) in [5, 5.41) is 1.14. The molecule has 4 rings (SSSR count). The number of fused-ring (bicyclic) bond motifs is 1. The van der Waals surface area contributed by atoms with E-state index in [0.29, 0.717) is 11.5 Å². The van der Waals surface area contributed by atoms with Crippen LogP contribution in [0.25, 0.3) is 10.2 Å². The van der Waals surface area contributed by atoms with Crippen LogP contribution in [0.5, 0.6) is 0 Å². The molecule has 3 aromatic rings. The first-order valence-corrected chi connectivity index (χ1v) is 8.18. The fourth-order valence-corrected chi connectivity index (χ4v) is 3.98. The number of para-hydroxylation sites is 1. The van der Waals surface area contributed by atoms with Gasteiger partial charge in [-0.15, -0.1) is 11.3 Å². The summed E-state index contributed by atoms with van der Waals surface area (Å²) in [5.41, 5.74) is 1.71. The second-order valence-electron chi connectivity index (χ2n) is 5.50. The maximum absolute atomic E-state index is 12.5. The third kappa shape index (κ3) is 2.37. The normalized spacial score (nSPS) is 18.0. The van der Waals surface area contributed by atoms with E-state index in [1.54, 1.807) is 29.8 Å². The Bertz CT molecular complexity index is 782. The van der Waals surface area contributed by atoms with Gasteiger partial charge in [-0.2, -0.15) is 0 Å². The van der Waals surface area contributed by atoms with E-state index >= 15 is 0 Å². The van der Waals surface area contributed by atoms with Gasteiger partial charge < -0.3 is 4.90 Å². The van der Waals surface area contributed by atoms with Crippen molar-refractivity contribution >= 4 is 27.5 Å². The van der Waals surface area contributed by atoms with Crippen LogP contribution in [-0.2, 0) is 0 Å². The van der Waals surface area contributed by atoms with Crippen LogP contribution in [-0.4, -0.2) is 33.9 Å². The summed E-state index contributed by atoms with van der Waals surface area (Å²) in [5.74, 6) is 0.412. The number of nitrogens with zero attached hydrogens (tertiary/aromatic N) is 3. The molecule has 1 fully saturated rings. The van der Waals surface area contributed by atoms with E-state index < -0.39 is 0 Å². The van der Waals surface area contributed by atoms with Crippen molar-refractivity contribution < 1.29 is 4.79 Å². The minimum Gasteiger partial charge on any atom is -0.338 e. The van der Waals surface area contributed by atoms with Gasteiger partial charge in [0.1, 0.15) is 0 Å². The van der Waals surface area contributed by atoms with E-state index in [2.05, 4.69) is 11.1 Å². The van der Waals surface area contributed by atoms with Gasteiger partial charge in [-0.25, -0.2) is 4.98 Å². The lowest BCUT2D eigenvalue weighted by Crippen LogP contribution is -2.28. The van der Waals surface area contributed by atoms with Crippen molar-refractivity contribution in [2.24, 2.45) is 0 Å². The Labute approximate surface area is 132 Å². The molecule has 0 N–H and O–H groups in total. The van der Waals surface area contributed by atoms with Crippen molar-refractivity contribution in [1.82, 2.24) is 14.9 Å². The van der Waals surface area contributed by atoms with E-state index in [4.69, 9.17) is 4.98 Å². The number of rotatable bonds is 2. The lowest BCUT2D eigenvalue weighted by Gasteiger charge is -2.15. The van der Waals surface area contributed by atoms with E-state index in [-0.39, 0.29) is 5.91 Å². The Hall–Kier alpha value is -2.27. The fourth-order valence-electron chi connectivity index (χ4n) is 2.88. The van der Waals surface area contributed by atoms with E-state index in [0.717, 1.165) is 30.0 Å². The van der Waals surface area contributed by atoms with Crippen LogP contribution in [0.15, 0.2) is 48.8 Å². The Morgan fingerprint density at radius 2 is 2.14 bits per heavy atom. The molecule has 1 aliphatic rings. The largest absolute Gasteiger partial charge is 0.338 e. The lowest BCUT2D eigenvalue weighted by molar-refractivity contribution is 0.0790. The predicted octanol–water partition coefficient (Wildman–Crippen LogP) is 3.32. The second-order valence-corrected chi connectivity index (χ2v) is 6.56. The highest BCUT2D eigenvalue weighted by atomic mass is 32.1. The van der Waals surface area contributed by atoms with Crippen molar-refractivity contribution in [3.8, 4) is 0 Å². The number of amides is 1. The monoisotopic (exact) mass is 309 g/mol. The number of likely N-dealkylation sites (tertiary alicyclic amines) is 1. The van der Waals surface area contributed by atoms with Gasteiger partial charge in [0, 0.05) is 31.4 Å². The number of hydrogen-bond acceptors (Lipinski definition) is 4. The van der Waals surface area contributed by atoms with Crippen LogP contribution in [0.1, 0.15) is 27.7 Å². The van der Waals surface area contributed by atoms with Crippen LogP contribution >= 0.6 is 11.3 Å². The summed E-state index contributed by atoms with van der Waals surface area (Å²) in [6.07, 6.45) is 4.30. The minimum absolute atomic E-state index is 0.0664. The molecule has 1 aromatic carbocycles.